The lowest BCUT2D eigenvalue weighted by atomic mass is 9.95. The number of carbonyl (C=O) groups is 1. The van der Waals surface area contributed by atoms with Crippen molar-refractivity contribution < 1.29 is 22.5 Å². The van der Waals surface area contributed by atoms with Gasteiger partial charge in [0.2, 0.25) is 0 Å². The van der Waals surface area contributed by atoms with Crippen molar-refractivity contribution in [1.82, 2.24) is 0 Å². The van der Waals surface area contributed by atoms with Crippen LogP contribution in [-0.2, 0) is 19.1 Å². The Kier molecular flexibility index (Phi) is 6.36. The summed E-state index contributed by atoms with van der Waals surface area (Å²) in [4.78, 5) is 10.9. The van der Waals surface area contributed by atoms with Gasteiger partial charge in [-0.1, -0.05) is 31.5 Å². The Morgan fingerprint density at radius 2 is 1.81 bits per heavy atom. The van der Waals surface area contributed by atoms with Gasteiger partial charge in [-0.15, -0.1) is 0 Å². The molecule has 0 aromatic heterocycles. The van der Waals surface area contributed by atoms with E-state index in [0.717, 1.165) is 5.56 Å². The molecular formula is C15H22O5S. The van der Waals surface area contributed by atoms with Crippen LogP contribution in [0.5, 0.6) is 0 Å². The molecule has 1 rings (SSSR count). The first-order chi connectivity index (χ1) is 9.70. The molecule has 0 saturated carbocycles. The number of hydrogen-bond acceptors (Lipinski definition) is 4. The molecule has 0 saturated heterocycles. The highest BCUT2D eigenvalue weighted by molar-refractivity contribution is 7.86. The molecule has 0 radical (unpaired) electrons. The highest BCUT2D eigenvalue weighted by Crippen LogP contribution is 2.19. The molecule has 1 atom stereocenters. The van der Waals surface area contributed by atoms with Crippen molar-refractivity contribution in [3.8, 4) is 0 Å². The normalized spacial score (nSPS) is 13.3. The van der Waals surface area contributed by atoms with E-state index in [1.165, 1.54) is 12.1 Å². The second kappa shape index (κ2) is 7.56. The summed E-state index contributed by atoms with van der Waals surface area (Å²) in [5.74, 6) is -0.986. The summed E-state index contributed by atoms with van der Waals surface area (Å²) in [6.45, 7) is 5.68. The molecule has 0 spiro atoms. The Bertz CT molecular complexity index is 560. The van der Waals surface area contributed by atoms with E-state index in [9.17, 15) is 13.2 Å². The van der Waals surface area contributed by atoms with Crippen molar-refractivity contribution in [2.45, 2.75) is 38.5 Å². The van der Waals surface area contributed by atoms with Gasteiger partial charge in [-0.2, -0.15) is 8.42 Å². The molecule has 0 bridgehead atoms. The van der Waals surface area contributed by atoms with Crippen LogP contribution in [-0.4, -0.2) is 26.1 Å². The van der Waals surface area contributed by atoms with Crippen LogP contribution in [0.15, 0.2) is 29.2 Å². The predicted octanol–water partition coefficient (Wildman–Crippen LogP) is 2.84. The Balaban J connectivity index is 2.73. The standard InChI is InChI=1S/C15H22O5S/c1-11(2)8-13(9-15(16)17)10-20-21(18,19)14-6-4-12(3)5-7-14/h4-7,11,13H,8-10H2,1-3H3,(H,16,17). The first-order valence-corrected chi connectivity index (χ1v) is 8.29. The molecule has 5 nitrogen and oxygen atoms in total. The smallest absolute Gasteiger partial charge is 0.303 e. The number of benzene rings is 1. The molecule has 6 heteroatoms. The molecule has 1 aromatic rings. The van der Waals surface area contributed by atoms with Crippen LogP contribution in [0, 0.1) is 18.8 Å². The lowest BCUT2D eigenvalue weighted by Crippen LogP contribution is -2.19. The van der Waals surface area contributed by atoms with Crippen molar-refractivity contribution in [2.24, 2.45) is 11.8 Å². The minimum Gasteiger partial charge on any atom is -0.481 e. The molecule has 0 heterocycles. The maximum Gasteiger partial charge on any atom is 0.303 e. The van der Waals surface area contributed by atoms with E-state index in [1.807, 2.05) is 20.8 Å². The second-order valence-corrected chi connectivity index (χ2v) is 7.26. The lowest BCUT2D eigenvalue weighted by molar-refractivity contribution is -0.138. The maximum atomic E-state index is 12.0. The average Bonchev–Trinajstić information content (AvgIpc) is 2.35. The third-order valence-electron chi connectivity index (χ3n) is 3.04. The molecule has 0 fully saturated rings. The summed E-state index contributed by atoms with van der Waals surface area (Å²) in [6, 6.07) is 6.36. The molecular weight excluding hydrogens is 292 g/mol. The molecule has 1 N–H and O–H groups in total. The molecule has 1 unspecified atom stereocenters. The van der Waals surface area contributed by atoms with Crippen LogP contribution < -0.4 is 0 Å². The topological polar surface area (TPSA) is 80.7 Å². The maximum absolute atomic E-state index is 12.0. The summed E-state index contributed by atoms with van der Waals surface area (Å²) in [5.41, 5.74) is 0.956. The number of carboxylic acids is 1. The fraction of sp³-hybridized carbons (Fsp3) is 0.533. The first kappa shape index (κ1) is 17.7. The Hall–Kier alpha value is -1.40. The van der Waals surface area contributed by atoms with Crippen LogP contribution >= 0.6 is 0 Å². The van der Waals surface area contributed by atoms with Crippen LogP contribution in [0.4, 0.5) is 0 Å². The molecule has 21 heavy (non-hydrogen) atoms. The van der Waals surface area contributed by atoms with Gasteiger partial charge in [-0.3, -0.25) is 8.98 Å². The quantitative estimate of drug-likeness (QED) is 0.746. The zero-order chi connectivity index (χ0) is 16.0. The lowest BCUT2D eigenvalue weighted by Gasteiger charge is -2.17. The van der Waals surface area contributed by atoms with Gasteiger partial charge >= 0.3 is 5.97 Å². The van der Waals surface area contributed by atoms with Crippen molar-refractivity contribution >= 4 is 16.1 Å². The zero-order valence-corrected chi connectivity index (χ0v) is 13.4. The van der Waals surface area contributed by atoms with E-state index in [4.69, 9.17) is 9.29 Å². The van der Waals surface area contributed by atoms with Gasteiger partial charge in [0.05, 0.1) is 17.9 Å². The third-order valence-corrected chi connectivity index (χ3v) is 4.33. The summed E-state index contributed by atoms with van der Waals surface area (Å²) in [7, 11) is -3.84. The summed E-state index contributed by atoms with van der Waals surface area (Å²) in [5, 5.41) is 8.87. The van der Waals surface area contributed by atoms with E-state index in [1.54, 1.807) is 12.1 Å². The molecule has 0 aliphatic heterocycles. The molecule has 0 aliphatic rings. The predicted molar refractivity (Wildman–Crippen MR) is 79.5 cm³/mol. The van der Waals surface area contributed by atoms with Gasteiger partial charge in [-0.05, 0) is 37.3 Å². The van der Waals surface area contributed by atoms with Gasteiger partial charge < -0.3 is 5.11 Å². The largest absolute Gasteiger partial charge is 0.481 e. The van der Waals surface area contributed by atoms with Crippen LogP contribution in [0.1, 0.15) is 32.3 Å². The molecule has 1 aromatic carbocycles. The fourth-order valence-corrected chi connectivity index (χ4v) is 3.06. The number of hydrogen-bond donors (Lipinski definition) is 1. The van der Waals surface area contributed by atoms with E-state index in [-0.39, 0.29) is 29.8 Å². The minimum absolute atomic E-state index is 0.0896. The van der Waals surface area contributed by atoms with Gasteiger partial charge in [0.15, 0.2) is 0 Å². The highest BCUT2D eigenvalue weighted by Gasteiger charge is 2.21. The van der Waals surface area contributed by atoms with Gasteiger partial charge in [0.25, 0.3) is 10.1 Å². The minimum atomic E-state index is -3.84. The van der Waals surface area contributed by atoms with Crippen LogP contribution in [0.3, 0.4) is 0 Å². The van der Waals surface area contributed by atoms with Crippen molar-refractivity contribution in [2.75, 3.05) is 6.61 Å². The van der Waals surface area contributed by atoms with Crippen molar-refractivity contribution in [3.63, 3.8) is 0 Å². The Morgan fingerprint density at radius 3 is 2.29 bits per heavy atom. The van der Waals surface area contributed by atoms with E-state index < -0.39 is 16.1 Å². The van der Waals surface area contributed by atoms with Crippen molar-refractivity contribution in [3.05, 3.63) is 29.8 Å². The highest BCUT2D eigenvalue weighted by atomic mass is 32.2. The number of carboxylic acid groups (broad SMARTS) is 1. The van der Waals surface area contributed by atoms with Crippen LogP contribution in [0.2, 0.25) is 0 Å². The SMILES string of the molecule is Cc1ccc(S(=O)(=O)OCC(CC(=O)O)CC(C)C)cc1. The zero-order valence-electron chi connectivity index (χ0n) is 12.6. The van der Waals surface area contributed by atoms with E-state index in [2.05, 4.69) is 0 Å². The summed E-state index contributed by atoms with van der Waals surface area (Å²) in [6.07, 6.45) is 0.511. The van der Waals surface area contributed by atoms with E-state index in [0.29, 0.717) is 6.42 Å². The Morgan fingerprint density at radius 1 is 1.24 bits per heavy atom. The van der Waals surface area contributed by atoms with Crippen LogP contribution in [0.25, 0.3) is 0 Å². The first-order valence-electron chi connectivity index (χ1n) is 6.88. The monoisotopic (exact) mass is 314 g/mol. The average molecular weight is 314 g/mol. The number of rotatable bonds is 8. The molecule has 0 amide bonds. The molecule has 118 valence electrons. The summed E-state index contributed by atoms with van der Waals surface area (Å²) < 4.78 is 29.1. The number of aryl methyl sites for hydroxylation is 1. The summed E-state index contributed by atoms with van der Waals surface area (Å²) >= 11 is 0. The fourth-order valence-electron chi connectivity index (χ4n) is 2.08. The Labute approximate surface area is 126 Å². The third kappa shape index (κ3) is 6.27. The van der Waals surface area contributed by atoms with Gasteiger partial charge in [0, 0.05) is 0 Å². The molecule has 0 aliphatic carbocycles. The number of aliphatic carboxylic acids is 1. The van der Waals surface area contributed by atoms with Gasteiger partial charge in [-0.25, -0.2) is 0 Å². The van der Waals surface area contributed by atoms with E-state index >= 15 is 0 Å². The van der Waals surface area contributed by atoms with Gasteiger partial charge in [0.1, 0.15) is 0 Å². The van der Waals surface area contributed by atoms with Crippen molar-refractivity contribution in [1.29, 1.82) is 0 Å². The second-order valence-electron chi connectivity index (χ2n) is 5.65.